The van der Waals surface area contributed by atoms with Crippen molar-refractivity contribution in [1.29, 1.82) is 5.26 Å². The molecule has 2 aromatic rings. The van der Waals surface area contributed by atoms with Crippen LogP contribution < -0.4 is 3.71 Å². The zero-order valence-electron chi connectivity index (χ0n) is 17.6. The van der Waals surface area contributed by atoms with E-state index >= 15 is 0 Å². The third-order valence-corrected chi connectivity index (χ3v) is 8.69. The van der Waals surface area contributed by atoms with E-state index in [4.69, 9.17) is 27.9 Å². The van der Waals surface area contributed by atoms with Gasteiger partial charge in [-0.15, -0.1) is 0 Å². The second-order valence-electron chi connectivity index (χ2n) is 6.66. The Bertz CT molecular complexity index is 1430. The standard InChI is InChI=1S/C15H14Cl2F5N5O5S3/c1-4-32-8-24-15-14(27(33(2,28)29)34(3,30)31)12(7-23)25-26(15)13-10(16)5-9(6-11(13)17)35(18,19,20,21)22/h5-6,8H,4H2,1-3H3. The van der Waals surface area contributed by atoms with Crippen LogP contribution in [0, 0.1) is 11.3 Å². The molecule has 0 aliphatic heterocycles. The van der Waals surface area contributed by atoms with Crippen LogP contribution in [0.1, 0.15) is 12.6 Å². The number of nitrogens with zero attached hydrogens (tertiary/aromatic N) is 5. The largest absolute Gasteiger partial charge is 0.483 e. The van der Waals surface area contributed by atoms with E-state index in [9.17, 15) is 41.5 Å². The molecule has 1 aromatic carbocycles. The van der Waals surface area contributed by atoms with Crippen molar-refractivity contribution in [2.75, 3.05) is 22.8 Å². The molecule has 1 heterocycles. The molecule has 0 radical (unpaired) electrons. The number of aromatic nitrogens is 2. The highest BCUT2D eigenvalue weighted by Gasteiger charge is 2.65. The van der Waals surface area contributed by atoms with Crippen molar-refractivity contribution in [2.45, 2.75) is 11.8 Å². The summed E-state index contributed by atoms with van der Waals surface area (Å²) in [5.74, 6) is -0.797. The lowest BCUT2D eigenvalue weighted by Crippen LogP contribution is -2.35. The lowest BCUT2D eigenvalue weighted by atomic mass is 10.3. The summed E-state index contributed by atoms with van der Waals surface area (Å²) in [7, 11) is -19.6. The van der Waals surface area contributed by atoms with E-state index in [1.54, 1.807) is 0 Å². The molecule has 0 N–H and O–H groups in total. The molecule has 20 heteroatoms. The highest BCUT2D eigenvalue weighted by atomic mass is 35.5. The summed E-state index contributed by atoms with van der Waals surface area (Å²) >= 11 is 11.6. The van der Waals surface area contributed by atoms with Gasteiger partial charge >= 0.3 is 10.2 Å². The van der Waals surface area contributed by atoms with E-state index in [-0.39, 0.29) is 22.5 Å². The number of sulfonamides is 2. The first kappa shape index (κ1) is 28.9. The number of hydrogen-bond acceptors (Lipinski definition) is 8. The van der Waals surface area contributed by atoms with E-state index in [2.05, 4.69) is 10.1 Å². The monoisotopic (exact) mass is 605 g/mol. The van der Waals surface area contributed by atoms with Crippen LogP contribution in [-0.4, -0.2) is 52.1 Å². The first-order valence-corrected chi connectivity index (χ1v) is 15.0. The quantitative estimate of drug-likeness (QED) is 0.231. The molecular weight excluding hydrogens is 592 g/mol. The van der Waals surface area contributed by atoms with Gasteiger partial charge in [0.1, 0.15) is 16.7 Å². The van der Waals surface area contributed by atoms with Gasteiger partial charge in [0.2, 0.25) is 20.0 Å². The summed E-state index contributed by atoms with van der Waals surface area (Å²) in [6, 6.07) is 1.12. The molecular formula is C15H14Cl2F5N5O5S3. The van der Waals surface area contributed by atoms with Crippen molar-refractivity contribution < 1.29 is 41.0 Å². The molecule has 2 rings (SSSR count). The number of ether oxygens (including phenoxy) is 1. The minimum atomic E-state index is -10.2. The Balaban J connectivity index is 3.07. The SMILES string of the molecule is CCOC=Nc1c(N(S(C)(=O)=O)S(C)(=O)=O)c(C#N)nn1-c1c(Cl)cc(S(F)(F)(F)(F)F)cc1Cl. The number of anilines is 1. The van der Waals surface area contributed by atoms with Crippen molar-refractivity contribution in [2.24, 2.45) is 4.99 Å². The number of halogens is 7. The summed E-state index contributed by atoms with van der Waals surface area (Å²) in [6.07, 6.45) is 1.64. The zero-order chi connectivity index (χ0) is 27.3. The average Bonchev–Trinajstić information content (AvgIpc) is 2.95. The van der Waals surface area contributed by atoms with E-state index in [0.717, 1.165) is 0 Å². The van der Waals surface area contributed by atoms with Crippen LogP contribution in [0.3, 0.4) is 0 Å². The Morgan fingerprint density at radius 2 is 1.63 bits per heavy atom. The third-order valence-electron chi connectivity index (χ3n) is 3.79. The molecule has 0 amide bonds. The second kappa shape index (κ2) is 8.37. The number of rotatable bonds is 8. The van der Waals surface area contributed by atoms with E-state index < -0.39 is 68.1 Å². The number of benzene rings is 1. The van der Waals surface area contributed by atoms with Gasteiger partial charge in [-0.25, -0.2) is 21.5 Å². The highest BCUT2D eigenvalue weighted by molar-refractivity contribution is 8.45. The van der Waals surface area contributed by atoms with Crippen molar-refractivity contribution >= 4 is 71.4 Å². The highest BCUT2D eigenvalue weighted by Crippen LogP contribution is 3.02. The van der Waals surface area contributed by atoms with Crippen LogP contribution in [-0.2, 0) is 24.8 Å². The summed E-state index contributed by atoms with van der Waals surface area (Å²) in [5.41, 5.74) is -2.59. The van der Waals surface area contributed by atoms with Gasteiger partial charge in [-0.2, -0.15) is 19.1 Å². The van der Waals surface area contributed by atoms with Gasteiger partial charge in [0.15, 0.2) is 23.6 Å². The summed E-state index contributed by atoms with van der Waals surface area (Å²) in [6.45, 7) is 1.52. The smallest absolute Gasteiger partial charge is 0.310 e. The van der Waals surface area contributed by atoms with Gasteiger partial charge in [-0.3, -0.25) is 0 Å². The van der Waals surface area contributed by atoms with E-state index in [0.29, 0.717) is 23.6 Å². The summed E-state index contributed by atoms with van der Waals surface area (Å²) < 4.78 is 121. The van der Waals surface area contributed by atoms with Gasteiger partial charge in [0.25, 0.3) is 0 Å². The second-order valence-corrected chi connectivity index (χ2v) is 13.8. The molecule has 0 atom stereocenters. The van der Waals surface area contributed by atoms with Crippen LogP contribution in [0.2, 0.25) is 10.0 Å². The van der Waals surface area contributed by atoms with Crippen molar-refractivity contribution in [3.05, 3.63) is 27.9 Å². The van der Waals surface area contributed by atoms with Crippen LogP contribution in [0.15, 0.2) is 22.0 Å². The van der Waals surface area contributed by atoms with Gasteiger partial charge < -0.3 is 4.74 Å². The zero-order valence-corrected chi connectivity index (χ0v) is 21.5. The van der Waals surface area contributed by atoms with Gasteiger partial charge in [-0.05, 0) is 19.1 Å². The summed E-state index contributed by atoms with van der Waals surface area (Å²) in [4.78, 5) is 1.28. The fraction of sp³-hybridized carbons (Fsp3) is 0.267. The molecule has 10 nitrogen and oxygen atoms in total. The van der Waals surface area contributed by atoms with E-state index in [1.165, 1.54) is 13.0 Å². The van der Waals surface area contributed by atoms with E-state index in [1.807, 2.05) is 0 Å². The first-order chi connectivity index (χ1) is 15.5. The predicted molar refractivity (Wildman–Crippen MR) is 122 cm³/mol. The fourth-order valence-electron chi connectivity index (χ4n) is 2.62. The Kier molecular flexibility index (Phi) is 6.91. The number of aliphatic imine (C=N–C) groups is 1. The fourth-order valence-corrected chi connectivity index (χ4v) is 7.05. The molecule has 0 aliphatic rings. The Labute approximate surface area is 206 Å². The third kappa shape index (κ3) is 6.27. The lowest BCUT2D eigenvalue weighted by molar-refractivity contribution is 0.343. The molecule has 0 saturated heterocycles. The molecule has 0 saturated carbocycles. The minimum absolute atomic E-state index is 0.0139. The first-order valence-electron chi connectivity index (χ1n) is 8.64. The van der Waals surface area contributed by atoms with Gasteiger partial charge in [0.05, 0.1) is 29.2 Å². The number of hydrogen-bond donors (Lipinski definition) is 0. The predicted octanol–water partition coefficient (Wildman–Crippen LogP) is 5.13. The minimum Gasteiger partial charge on any atom is -0.483 e. The van der Waals surface area contributed by atoms with Crippen LogP contribution in [0.4, 0.5) is 30.9 Å². The van der Waals surface area contributed by atoms with Crippen molar-refractivity contribution in [3.63, 3.8) is 0 Å². The molecule has 35 heavy (non-hydrogen) atoms. The van der Waals surface area contributed by atoms with Crippen LogP contribution >= 0.6 is 33.4 Å². The molecule has 196 valence electrons. The molecule has 0 aliphatic carbocycles. The summed E-state index contributed by atoms with van der Waals surface area (Å²) in [5, 5.41) is 11.0. The van der Waals surface area contributed by atoms with Gasteiger partial charge in [0, 0.05) is 0 Å². The average molecular weight is 606 g/mol. The maximum atomic E-state index is 13.3. The Morgan fingerprint density at radius 3 is 2.00 bits per heavy atom. The normalized spacial score (nSPS) is 14.9. The molecule has 0 bridgehead atoms. The molecule has 1 aromatic heterocycles. The van der Waals surface area contributed by atoms with Crippen molar-refractivity contribution in [3.8, 4) is 11.8 Å². The maximum absolute atomic E-state index is 13.3. The topological polar surface area (TPSA) is 135 Å². The Morgan fingerprint density at radius 1 is 1.14 bits per heavy atom. The van der Waals surface area contributed by atoms with Crippen molar-refractivity contribution in [1.82, 2.24) is 9.78 Å². The van der Waals surface area contributed by atoms with Crippen LogP contribution in [0.5, 0.6) is 0 Å². The maximum Gasteiger partial charge on any atom is 0.310 e. The van der Waals surface area contributed by atoms with Crippen LogP contribution in [0.25, 0.3) is 5.69 Å². The Hall–Kier alpha value is -2.33. The van der Waals surface area contributed by atoms with Gasteiger partial charge in [-0.1, -0.05) is 42.6 Å². The lowest BCUT2D eigenvalue weighted by Gasteiger charge is -2.40. The molecule has 0 unspecified atom stereocenters. The molecule has 0 spiro atoms. The number of nitriles is 1. The molecule has 0 fully saturated rings.